The predicted molar refractivity (Wildman–Crippen MR) is 98.8 cm³/mol. The fourth-order valence-electron chi connectivity index (χ4n) is 3.30. The van der Waals surface area contributed by atoms with E-state index in [1.165, 1.54) is 5.56 Å². The SMILES string of the molecule is N#CCc1ccc(NC(=O)[C@@H]2CCCN(Cc3ccccc3)C2)cc1. The summed E-state index contributed by atoms with van der Waals surface area (Å²) < 4.78 is 0. The summed E-state index contributed by atoms with van der Waals surface area (Å²) in [5.41, 5.74) is 3.05. The first-order valence-electron chi connectivity index (χ1n) is 8.77. The quantitative estimate of drug-likeness (QED) is 0.909. The Hall–Kier alpha value is -2.64. The summed E-state index contributed by atoms with van der Waals surface area (Å²) in [6, 6.07) is 20.0. The number of nitrogens with one attached hydrogen (secondary N) is 1. The van der Waals surface area contributed by atoms with Gasteiger partial charge in [-0.2, -0.15) is 5.26 Å². The largest absolute Gasteiger partial charge is 0.326 e. The molecule has 4 heteroatoms. The molecule has 1 aliphatic heterocycles. The van der Waals surface area contributed by atoms with Crippen molar-refractivity contribution in [1.29, 1.82) is 5.26 Å². The number of anilines is 1. The number of benzene rings is 2. The second-order valence-corrected chi connectivity index (χ2v) is 6.58. The standard InChI is InChI=1S/C21H23N3O/c22-13-12-17-8-10-20(11-9-17)23-21(25)19-7-4-14-24(16-19)15-18-5-2-1-3-6-18/h1-3,5-6,8-11,19H,4,7,12,14-16H2,(H,23,25)/t19-/m1/s1. The topological polar surface area (TPSA) is 56.1 Å². The average Bonchev–Trinajstić information content (AvgIpc) is 2.65. The summed E-state index contributed by atoms with van der Waals surface area (Å²) in [6.45, 7) is 2.74. The summed E-state index contributed by atoms with van der Waals surface area (Å²) in [4.78, 5) is 14.9. The molecule has 0 aromatic heterocycles. The zero-order chi connectivity index (χ0) is 17.5. The molecule has 1 aliphatic rings. The number of piperidine rings is 1. The van der Waals surface area contributed by atoms with Crippen LogP contribution >= 0.6 is 0 Å². The van der Waals surface area contributed by atoms with E-state index < -0.39 is 0 Å². The molecule has 128 valence electrons. The highest BCUT2D eigenvalue weighted by atomic mass is 16.1. The van der Waals surface area contributed by atoms with Crippen molar-refractivity contribution in [2.75, 3.05) is 18.4 Å². The molecule has 4 nitrogen and oxygen atoms in total. The zero-order valence-corrected chi connectivity index (χ0v) is 14.3. The number of carbonyl (C=O) groups excluding carboxylic acids is 1. The maximum atomic E-state index is 12.6. The maximum Gasteiger partial charge on any atom is 0.228 e. The number of carbonyl (C=O) groups is 1. The van der Waals surface area contributed by atoms with Crippen LogP contribution in [0.3, 0.4) is 0 Å². The summed E-state index contributed by atoms with van der Waals surface area (Å²) in [6.07, 6.45) is 2.38. The van der Waals surface area contributed by atoms with Crippen LogP contribution in [0.2, 0.25) is 0 Å². The molecule has 3 rings (SSSR count). The third kappa shape index (κ3) is 4.91. The molecular formula is C21H23N3O. The van der Waals surface area contributed by atoms with Crippen molar-refractivity contribution in [2.24, 2.45) is 5.92 Å². The lowest BCUT2D eigenvalue weighted by Gasteiger charge is -2.32. The van der Waals surface area contributed by atoms with Gasteiger partial charge in [0.25, 0.3) is 0 Å². The van der Waals surface area contributed by atoms with Crippen LogP contribution in [0, 0.1) is 17.2 Å². The van der Waals surface area contributed by atoms with Crippen molar-refractivity contribution in [3.63, 3.8) is 0 Å². The second-order valence-electron chi connectivity index (χ2n) is 6.58. The van der Waals surface area contributed by atoms with Gasteiger partial charge < -0.3 is 5.32 Å². The molecule has 1 heterocycles. The van der Waals surface area contributed by atoms with Crippen molar-refractivity contribution in [3.05, 3.63) is 65.7 Å². The van der Waals surface area contributed by atoms with E-state index in [0.29, 0.717) is 6.42 Å². The first-order chi connectivity index (χ1) is 12.2. The monoisotopic (exact) mass is 333 g/mol. The smallest absolute Gasteiger partial charge is 0.228 e. The lowest BCUT2D eigenvalue weighted by Crippen LogP contribution is -2.40. The minimum Gasteiger partial charge on any atom is -0.326 e. The van der Waals surface area contributed by atoms with E-state index in [-0.39, 0.29) is 11.8 Å². The Balaban J connectivity index is 1.55. The van der Waals surface area contributed by atoms with E-state index in [2.05, 4.69) is 40.6 Å². The number of hydrogen-bond donors (Lipinski definition) is 1. The number of amides is 1. The van der Waals surface area contributed by atoms with Gasteiger partial charge in [-0.15, -0.1) is 0 Å². The van der Waals surface area contributed by atoms with Gasteiger partial charge in [0.15, 0.2) is 0 Å². The summed E-state index contributed by atoms with van der Waals surface area (Å²) in [5, 5.41) is 11.7. The first-order valence-corrected chi connectivity index (χ1v) is 8.77. The Labute approximate surface area is 149 Å². The van der Waals surface area contributed by atoms with Crippen LogP contribution in [0.25, 0.3) is 0 Å². The van der Waals surface area contributed by atoms with Crippen molar-refractivity contribution in [2.45, 2.75) is 25.8 Å². The normalized spacial score (nSPS) is 17.6. The second kappa shape index (κ2) is 8.46. The highest BCUT2D eigenvalue weighted by Crippen LogP contribution is 2.20. The number of hydrogen-bond acceptors (Lipinski definition) is 3. The molecule has 25 heavy (non-hydrogen) atoms. The predicted octanol–water partition coefficient (Wildman–Crippen LogP) is 3.60. The fraction of sp³-hybridized carbons (Fsp3) is 0.333. The molecule has 2 aromatic carbocycles. The van der Waals surface area contributed by atoms with Crippen molar-refractivity contribution in [1.82, 2.24) is 4.90 Å². The van der Waals surface area contributed by atoms with Crippen LogP contribution < -0.4 is 5.32 Å². The molecule has 1 atom stereocenters. The van der Waals surface area contributed by atoms with Crippen molar-refractivity contribution in [3.8, 4) is 6.07 Å². The average molecular weight is 333 g/mol. The van der Waals surface area contributed by atoms with E-state index in [9.17, 15) is 4.79 Å². The van der Waals surface area contributed by atoms with Gasteiger partial charge in [0.2, 0.25) is 5.91 Å². The first kappa shape index (κ1) is 17.2. The number of nitriles is 1. The highest BCUT2D eigenvalue weighted by molar-refractivity contribution is 5.92. The Kier molecular flexibility index (Phi) is 5.81. The number of likely N-dealkylation sites (tertiary alicyclic amines) is 1. The van der Waals surface area contributed by atoms with Crippen LogP contribution in [-0.4, -0.2) is 23.9 Å². The van der Waals surface area contributed by atoms with E-state index in [1.807, 2.05) is 30.3 Å². The molecule has 0 radical (unpaired) electrons. The summed E-state index contributed by atoms with van der Waals surface area (Å²) in [5.74, 6) is 0.113. The minimum absolute atomic E-state index is 0.0243. The molecular weight excluding hydrogens is 310 g/mol. The fourth-order valence-corrected chi connectivity index (χ4v) is 3.30. The molecule has 0 bridgehead atoms. The van der Waals surface area contributed by atoms with Crippen LogP contribution in [-0.2, 0) is 17.8 Å². The third-order valence-corrected chi connectivity index (χ3v) is 4.63. The van der Waals surface area contributed by atoms with Gasteiger partial charge in [-0.25, -0.2) is 0 Å². The summed E-state index contributed by atoms with van der Waals surface area (Å²) in [7, 11) is 0. The third-order valence-electron chi connectivity index (χ3n) is 4.63. The minimum atomic E-state index is 0.0243. The molecule has 0 spiro atoms. The Morgan fingerprint density at radius 1 is 1.12 bits per heavy atom. The van der Waals surface area contributed by atoms with Crippen LogP contribution in [0.15, 0.2) is 54.6 Å². The lowest BCUT2D eigenvalue weighted by atomic mass is 9.96. The van der Waals surface area contributed by atoms with E-state index in [0.717, 1.165) is 43.7 Å². The molecule has 1 fully saturated rings. The van der Waals surface area contributed by atoms with Crippen molar-refractivity contribution < 1.29 is 4.79 Å². The van der Waals surface area contributed by atoms with Crippen LogP contribution in [0.1, 0.15) is 24.0 Å². The maximum absolute atomic E-state index is 12.6. The van der Waals surface area contributed by atoms with E-state index in [1.54, 1.807) is 0 Å². The van der Waals surface area contributed by atoms with Gasteiger partial charge in [0.1, 0.15) is 0 Å². The van der Waals surface area contributed by atoms with E-state index >= 15 is 0 Å². The summed E-state index contributed by atoms with van der Waals surface area (Å²) >= 11 is 0. The van der Waals surface area contributed by atoms with Gasteiger partial charge >= 0.3 is 0 Å². The van der Waals surface area contributed by atoms with Gasteiger partial charge in [0, 0.05) is 18.8 Å². The molecule has 1 saturated heterocycles. The van der Waals surface area contributed by atoms with Crippen LogP contribution in [0.4, 0.5) is 5.69 Å². The van der Waals surface area contributed by atoms with Crippen molar-refractivity contribution >= 4 is 11.6 Å². The highest BCUT2D eigenvalue weighted by Gasteiger charge is 2.25. The molecule has 0 aliphatic carbocycles. The number of rotatable bonds is 5. The molecule has 1 N–H and O–H groups in total. The van der Waals surface area contributed by atoms with Gasteiger partial charge in [-0.1, -0.05) is 42.5 Å². The molecule has 0 unspecified atom stereocenters. The van der Waals surface area contributed by atoms with Gasteiger partial charge in [-0.3, -0.25) is 9.69 Å². The number of nitrogens with zero attached hydrogens (tertiary/aromatic N) is 2. The lowest BCUT2D eigenvalue weighted by molar-refractivity contribution is -0.121. The Morgan fingerprint density at radius 3 is 2.60 bits per heavy atom. The van der Waals surface area contributed by atoms with Gasteiger partial charge in [0.05, 0.1) is 18.4 Å². The van der Waals surface area contributed by atoms with E-state index in [4.69, 9.17) is 5.26 Å². The van der Waals surface area contributed by atoms with Crippen LogP contribution in [0.5, 0.6) is 0 Å². The molecule has 2 aromatic rings. The Bertz CT molecular complexity index is 734. The molecule has 1 amide bonds. The molecule has 0 saturated carbocycles. The zero-order valence-electron chi connectivity index (χ0n) is 14.3. The van der Waals surface area contributed by atoms with Gasteiger partial charge in [-0.05, 0) is 42.6 Å². The Morgan fingerprint density at radius 2 is 1.88 bits per heavy atom.